The maximum Gasteiger partial charge on any atom is 0.348 e. The fourth-order valence-electron chi connectivity index (χ4n) is 3.20. The molecule has 1 aliphatic carbocycles. The number of nitrogens with zero attached hydrogens (tertiary/aromatic N) is 2. The van der Waals surface area contributed by atoms with E-state index >= 15 is 0 Å². The zero-order valence-corrected chi connectivity index (χ0v) is 15.8. The van der Waals surface area contributed by atoms with E-state index in [0.717, 1.165) is 6.42 Å². The largest absolute Gasteiger partial charge is 0.478 e. The minimum absolute atomic E-state index is 0.115. The van der Waals surface area contributed by atoms with Gasteiger partial charge in [0.2, 0.25) is 12.0 Å². The molecule has 0 aliphatic heterocycles. The Balaban J connectivity index is 2.17. The summed E-state index contributed by atoms with van der Waals surface area (Å²) in [6.07, 6.45) is 8.90. The van der Waals surface area contributed by atoms with Crippen molar-refractivity contribution in [2.75, 3.05) is 7.11 Å². The van der Waals surface area contributed by atoms with Crippen molar-refractivity contribution in [3.05, 3.63) is 89.7 Å². The van der Waals surface area contributed by atoms with Gasteiger partial charge in [0.05, 0.1) is 5.69 Å². The third kappa shape index (κ3) is 3.87. The van der Waals surface area contributed by atoms with Crippen LogP contribution in [0.2, 0.25) is 0 Å². The van der Waals surface area contributed by atoms with Crippen LogP contribution in [0.1, 0.15) is 17.7 Å². The highest BCUT2D eigenvalue weighted by Gasteiger charge is 2.50. The molecule has 1 aliphatic rings. The molecule has 0 bridgehead atoms. The number of hydrogen-bond acceptors (Lipinski definition) is 5. The number of aromatic nitrogens is 2. The number of carboxylic acid groups (broad SMARTS) is 1. The molecule has 0 saturated carbocycles. The second-order valence-corrected chi connectivity index (χ2v) is 6.34. The molecule has 0 spiro atoms. The topological polar surface area (TPSA) is 81.5 Å². The minimum atomic E-state index is -1.39. The molecule has 0 fully saturated rings. The average Bonchev–Trinajstić information content (AvgIpc) is 3.00. The van der Waals surface area contributed by atoms with E-state index in [2.05, 4.69) is 10.2 Å². The predicted molar refractivity (Wildman–Crippen MR) is 105 cm³/mol. The Kier molecular flexibility index (Phi) is 6.01. The smallest absolute Gasteiger partial charge is 0.348 e. The van der Waals surface area contributed by atoms with Gasteiger partial charge in [0.25, 0.3) is 0 Å². The fourth-order valence-corrected chi connectivity index (χ4v) is 3.20. The molecule has 1 heterocycles. The van der Waals surface area contributed by atoms with Gasteiger partial charge in [-0.2, -0.15) is 5.10 Å². The molecule has 0 radical (unpaired) electrons. The van der Waals surface area contributed by atoms with Crippen LogP contribution in [-0.2, 0) is 15.1 Å². The molecule has 6 heteroatoms. The van der Waals surface area contributed by atoms with Gasteiger partial charge in [0.1, 0.15) is 0 Å². The number of methoxy groups -OCH3 is 1. The van der Waals surface area contributed by atoms with Crippen molar-refractivity contribution in [1.82, 2.24) is 10.2 Å². The maximum absolute atomic E-state index is 12.4. The van der Waals surface area contributed by atoms with E-state index in [1.54, 1.807) is 19.1 Å². The average molecular weight is 378 g/mol. The molecular weight excluding hydrogens is 356 g/mol. The van der Waals surface area contributed by atoms with E-state index in [4.69, 9.17) is 9.47 Å². The second kappa shape index (κ2) is 8.63. The lowest BCUT2D eigenvalue weighted by molar-refractivity contribution is -0.160. The Morgan fingerprint density at radius 3 is 2.57 bits per heavy atom. The van der Waals surface area contributed by atoms with Crippen LogP contribution in [0.3, 0.4) is 0 Å². The lowest BCUT2D eigenvalue weighted by Gasteiger charge is -2.38. The normalized spacial score (nSPS) is 16.6. The first-order valence-corrected chi connectivity index (χ1v) is 8.92. The summed E-state index contributed by atoms with van der Waals surface area (Å²) < 4.78 is 11.8. The third-order valence-corrected chi connectivity index (χ3v) is 4.54. The van der Waals surface area contributed by atoms with E-state index in [-0.39, 0.29) is 5.88 Å². The van der Waals surface area contributed by atoms with Crippen molar-refractivity contribution in [2.45, 2.75) is 25.0 Å². The van der Waals surface area contributed by atoms with Gasteiger partial charge in [-0.25, -0.2) is 4.79 Å². The first kappa shape index (κ1) is 19.5. The van der Waals surface area contributed by atoms with Gasteiger partial charge in [-0.15, -0.1) is 5.10 Å². The van der Waals surface area contributed by atoms with Crippen molar-refractivity contribution < 1.29 is 19.4 Å². The molecule has 144 valence electrons. The van der Waals surface area contributed by atoms with E-state index < -0.39 is 17.7 Å². The molecule has 2 aromatic rings. The van der Waals surface area contributed by atoms with Crippen LogP contribution in [0.15, 0.2) is 78.4 Å². The zero-order valence-electron chi connectivity index (χ0n) is 15.8. The van der Waals surface area contributed by atoms with E-state index in [1.807, 2.05) is 60.7 Å². The molecule has 28 heavy (non-hydrogen) atoms. The van der Waals surface area contributed by atoms with Crippen molar-refractivity contribution in [1.29, 1.82) is 0 Å². The van der Waals surface area contributed by atoms with Gasteiger partial charge in [-0.05, 0) is 30.5 Å². The number of allylic oxidation sites excluding steroid dienone is 4. The summed E-state index contributed by atoms with van der Waals surface area (Å²) in [5, 5.41) is 18.0. The molecule has 1 aromatic carbocycles. The van der Waals surface area contributed by atoms with Crippen molar-refractivity contribution in [3.8, 4) is 5.88 Å². The first-order chi connectivity index (χ1) is 13.6. The van der Waals surface area contributed by atoms with Crippen molar-refractivity contribution >= 4 is 5.97 Å². The summed E-state index contributed by atoms with van der Waals surface area (Å²) in [4.78, 5) is 12.4. The van der Waals surface area contributed by atoms with Crippen LogP contribution in [0.5, 0.6) is 5.88 Å². The van der Waals surface area contributed by atoms with Crippen molar-refractivity contribution in [3.63, 3.8) is 0 Å². The highest BCUT2D eigenvalue weighted by atomic mass is 16.6. The molecule has 0 saturated heterocycles. The summed E-state index contributed by atoms with van der Waals surface area (Å²) in [5.41, 5.74) is 0.656. The van der Waals surface area contributed by atoms with Gasteiger partial charge in [0.15, 0.2) is 5.60 Å². The summed E-state index contributed by atoms with van der Waals surface area (Å²) in [7, 11) is 1.48. The SMILES string of the molecule is COC(C1=CC=CCC=C1)(c1ccccc1)[C@H](Oc1ccc(C)nn1)C(=O)O. The molecular formula is C22H22N2O4. The highest BCUT2D eigenvalue weighted by Crippen LogP contribution is 2.40. The number of aliphatic carboxylic acids is 1. The molecule has 3 rings (SSSR count). The summed E-state index contributed by atoms with van der Waals surface area (Å²) >= 11 is 0. The van der Waals surface area contributed by atoms with Gasteiger partial charge in [-0.1, -0.05) is 60.7 Å². The minimum Gasteiger partial charge on any atom is -0.478 e. The molecule has 6 nitrogen and oxygen atoms in total. The van der Waals surface area contributed by atoms with Crippen LogP contribution < -0.4 is 4.74 Å². The molecule has 1 unspecified atom stereocenters. The second-order valence-electron chi connectivity index (χ2n) is 6.34. The number of carboxylic acids is 1. The standard InChI is InChI=1S/C22H22N2O4/c1-16-14-15-19(24-23-16)28-20(21(25)26)22(27-2,18-12-8-5-9-13-18)17-10-6-3-4-7-11-17/h3,5-15,20H,4H2,1-2H3,(H,25,26)/t20-,22?/m1/s1. The quantitative estimate of drug-likeness (QED) is 0.793. The number of aryl methyl sites for hydroxylation is 1. The fraction of sp³-hybridized carbons (Fsp3) is 0.227. The third-order valence-electron chi connectivity index (χ3n) is 4.54. The lowest BCUT2D eigenvalue weighted by atomic mass is 9.80. The maximum atomic E-state index is 12.4. The number of rotatable bonds is 7. The van der Waals surface area contributed by atoms with Crippen LogP contribution >= 0.6 is 0 Å². The highest BCUT2D eigenvalue weighted by molar-refractivity contribution is 5.76. The van der Waals surface area contributed by atoms with Crippen LogP contribution in [0.4, 0.5) is 0 Å². The number of hydrogen-bond donors (Lipinski definition) is 1. The van der Waals surface area contributed by atoms with E-state index in [0.29, 0.717) is 16.8 Å². The van der Waals surface area contributed by atoms with Gasteiger partial charge >= 0.3 is 5.97 Å². The Morgan fingerprint density at radius 1 is 1.14 bits per heavy atom. The monoisotopic (exact) mass is 378 g/mol. The molecule has 1 N–H and O–H groups in total. The molecule has 1 aromatic heterocycles. The van der Waals surface area contributed by atoms with Gasteiger partial charge < -0.3 is 14.6 Å². The predicted octanol–water partition coefficient (Wildman–Crippen LogP) is 3.60. The lowest BCUT2D eigenvalue weighted by Crippen LogP contribution is -2.51. The van der Waals surface area contributed by atoms with Crippen LogP contribution in [0.25, 0.3) is 0 Å². The Hall–Kier alpha value is -3.25. The Labute approximate surface area is 163 Å². The van der Waals surface area contributed by atoms with E-state index in [1.165, 1.54) is 7.11 Å². The number of carbonyl (C=O) groups is 1. The van der Waals surface area contributed by atoms with Gasteiger partial charge in [0, 0.05) is 13.2 Å². The van der Waals surface area contributed by atoms with Gasteiger partial charge in [-0.3, -0.25) is 0 Å². The summed E-state index contributed by atoms with van der Waals surface area (Å²) in [6.45, 7) is 1.79. The first-order valence-electron chi connectivity index (χ1n) is 8.92. The van der Waals surface area contributed by atoms with Crippen LogP contribution in [0, 0.1) is 6.92 Å². The number of benzene rings is 1. The Morgan fingerprint density at radius 2 is 1.93 bits per heavy atom. The zero-order chi connectivity index (χ0) is 20.0. The Bertz CT molecular complexity index is 904. The van der Waals surface area contributed by atoms with E-state index in [9.17, 15) is 9.90 Å². The molecule has 2 atom stereocenters. The molecule has 0 amide bonds. The number of ether oxygens (including phenoxy) is 2. The summed E-state index contributed by atoms with van der Waals surface area (Å²) in [6, 6.07) is 12.5. The van der Waals surface area contributed by atoms with Crippen molar-refractivity contribution in [2.24, 2.45) is 0 Å². The van der Waals surface area contributed by atoms with Crippen LogP contribution in [-0.4, -0.2) is 34.5 Å². The summed E-state index contributed by atoms with van der Waals surface area (Å²) in [5.74, 6) is -1.06.